The minimum Gasteiger partial charge on any atom is -0.462 e. The highest BCUT2D eigenvalue weighted by atomic mass is 31.2. The summed E-state index contributed by atoms with van der Waals surface area (Å²) in [6.07, 6.45) is 37.4. The molecule has 0 aromatic rings. The first-order valence-electron chi connectivity index (χ1n) is 19.9. The number of quaternary nitrogens is 1. The molecule has 0 aromatic carbocycles. The van der Waals surface area contributed by atoms with Crippen molar-refractivity contribution in [2.24, 2.45) is 0 Å². The van der Waals surface area contributed by atoms with E-state index < -0.39 is 26.5 Å². The lowest BCUT2D eigenvalue weighted by Crippen LogP contribution is -2.37. The Kier molecular flexibility index (Phi) is 32.4. The molecule has 0 rings (SSSR count). The predicted molar refractivity (Wildman–Crippen MR) is 210 cm³/mol. The lowest BCUT2D eigenvalue weighted by Gasteiger charge is -2.24. The smallest absolute Gasteiger partial charge is 0.462 e. The molecule has 0 bridgehead atoms. The third-order valence-corrected chi connectivity index (χ3v) is 9.10. The second-order valence-electron chi connectivity index (χ2n) is 14.3. The molecule has 0 aromatic heterocycles. The van der Waals surface area contributed by atoms with Gasteiger partial charge in [0.25, 0.3) is 0 Å². The highest BCUT2D eigenvalue weighted by Crippen LogP contribution is 2.43. The molecule has 0 aliphatic rings. The van der Waals surface area contributed by atoms with E-state index in [1.165, 1.54) is 70.6 Å². The maximum atomic E-state index is 12.6. The average Bonchev–Trinajstić information content (AvgIpc) is 3.07. The van der Waals surface area contributed by atoms with Crippen LogP contribution in [0.5, 0.6) is 0 Å². The summed E-state index contributed by atoms with van der Waals surface area (Å²) >= 11 is 0. The number of allylic oxidation sites excluding steroid dienone is 8. The molecule has 0 radical (unpaired) electrons. The zero-order valence-electron chi connectivity index (χ0n) is 33.1. The fraction of sp³-hybridized carbons (Fsp3) is 0.756. The van der Waals surface area contributed by atoms with Gasteiger partial charge in [-0.2, -0.15) is 0 Å². The largest absolute Gasteiger partial charge is 0.472 e. The number of hydrogen-bond acceptors (Lipinski definition) is 7. The summed E-state index contributed by atoms with van der Waals surface area (Å²) in [5.41, 5.74) is 0. The molecule has 9 nitrogen and oxygen atoms in total. The fourth-order valence-electron chi connectivity index (χ4n) is 4.95. The van der Waals surface area contributed by atoms with E-state index in [1.54, 1.807) is 0 Å². The van der Waals surface area contributed by atoms with E-state index in [0.717, 1.165) is 38.5 Å². The Labute approximate surface area is 312 Å². The van der Waals surface area contributed by atoms with Gasteiger partial charge in [-0.3, -0.25) is 18.6 Å². The summed E-state index contributed by atoms with van der Waals surface area (Å²) < 4.78 is 34.1. The molecule has 0 spiro atoms. The van der Waals surface area contributed by atoms with E-state index in [0.29, 0.717) is 23.9 Å². The lowest BCUT2D eigenvalue weighted by molar-refractivity contribution is -0.870. The van der Waals surface area contributed by atoms with Crippen molar-refractivity contribution in [3.63, 3.8) is 0 Å². The maximum Gasteiger partial charge on any atom is 0.472 e. The van der Waals surface area contributed by atoms with Crippen molar-refractivity contribution in [3.05, 3.63) is 48.6 Å². The molecule has 0 fully saturated rings. The fourth-order valence-corrected chi connectivity index (χ4v) is 5.69. The van der Waals surface area contributed by atoms with Crippen LogP contribution in [-0.4, -0.2) is 74.9 Å². The lowest BCUT2D eigenvalue weighted by atomic mass is 10.1. The van der Waals surface area contributed by atoms with Crippen LogP contribution in [0.25, 0.3) is 0 Å². The van der Waals surface area contributed by atoms with Gasteiger partial charge in [0.1, 0.15) is 19.8 Å². The minimum absolute atomic E-state index is 0.0209. The Morgan fingerprint density at radius 1 is 0.608 bits per heavy atom. The number of carbonyl (C=O) groups is 2. The summed E-state index contributed by atoms with van der Waals surface area (Å²) in [6.45, 7) is 4.29. The van der Waals surface area contributed by atoms with Crippen LogP contribution in [0, 0.1) is 0 Å². The Morgan fingerprint density at radius 3 is 1.63 bits per heavy atom. The van der Waals surface area contributed by atoms with Gasteiger partial charge < -0.3 is 18.9 Å². The van der Waals surface area contributed by atoms with Gasteiger partial charge in [-0.1, -0.05) is 133 Å². The van der Waals surface area contributed by atoms with Crippen molar-refractivity contribution in [3.8, 4) is 0 Å². The quantitative estimate of drug-likeness (QED) is 0.0225. The molecule has 0 amide bonds. The third-order valence-electron chi connectivity index (χ3n) is 8.11. The van der Waals surface area contributed by atoms with Gasteiger partial charge in [0.05, 0.1) is 27.7 Å². The topological polar surface area (TPSA) is 108 Å². The number of likely N-dealkylation sites (N-methyl/N-ethyl adjacent to an activating group) is 1. The van der Waals surface area contributed by atoms with Crippen LogP contribution >= 0.6 is 7.82 Å². The van der Waals surface area contributed by atoms with Gasteiger partial charge in [-0.15, -0.1) is 0 Å². The SMILES string of the molecule is CCCCC/C=C\C/C=C\C/C=C\C/C=C\CCCC(=O)O[C@H](COC(=O)CCCCCCCCCCCC)COP(=O)(O)OCC[N+](C)(C)C. The number of rotatable bonds is 35. The molecule has 1 N–H and O–H groups in total. The summed E-state index contributed by atoms with van der Waals surface area (Å²) in [5, 5.41) is 0. The van der Waals surface area contributed by atoms with Crippen molar-refractivity contribution in [1.82, 2.24) is 0 Å². The highest BCUT2D eigenvalue weighted by molar-refractivity contribution is 7.47. The summed E-state index contributed by atoms with van der Waals surface area (Å²) in [6, 6.07) is 0. The molecule has 1 unspecified atom stereocenters. The first kappa shape index (κ1) is 49.0. The monoisotopic (exact) mass is 741 g/mol. The van der Waals surface area contributed by atoms with E-state index in [2.05, 4.69) is 56.4 Å². The molecule has 296 valence electrons. The van der Waals surface area contributed by atoms with Gasteiger partial charge in [0.2, 0.25) is 0 Å². The van der Waals surface area contributed by atoms with Crippen molar-refractivity contribution < 1.29 is 42.1 Å². The van der Waals surface area contributed by atoms with Crippen LogP contribution in [-0.2, 0) is 32.7 Å². The molecular weight excluding hydrogens is 665 g/mol. The van der Waals surface area contributed by atoms with Crippen molar-refractivity contribution >= 4 is 19.8 Å². The zero-order chi connectivity index (χ0) is 37.9. The Balaban J connectivity index is 4.53. The standard InChI is InChI=1S/C41H74NO8P/c1-6-8-10-12-14-16-18-19-20-21-22-23-24-26-28-30-32-34-41(44)50-39(38-49-51(45,46)48-36-35-42(3,4)5)37-47-40(43)33-31-29-27-25-17-15-13-11-9-7-2/h14,16,19-20,22-23,26,28,39H,6-13,15,17-18,21,24-25,27,29-38H2,1-5H3/p+1/b16-14-,20-19-,23-22-,28-26-/t39-/m1/s1. The molecule has 0 aliphatic carbocycles. The maximum absolute atomic E-state index is 12.6. The van der Waals surface area contributed by atoms with Crippen LogP contribution in [0.1, 0.15) is 149 Å². The Morgan fingerprint density at radius 2 is 1.08 bits per heavy atom. The summed E-state index contributed by atoms with van der Waals surface area (Å²) in [7, 11) is 1.44. The molecule has 0 heterocycles. The number of nitrogens with zero attached hydrogens (tertiary/aromatic N) is 1. The van der Waals surface area contributed by atoms with Gasteiger partial charge in [-0.25, -0.2) is 4.57 Å². The third kappa shape index (κ3) is 37.5. The molecular formula is C41H75NO8P+. The molecule has 2 atom stereocenters. The first-order chi connectivity index (χ1) is 24.5. The van der Waals surface area contributed by atoms with Crippen molar-refractivity contribution in [2.45, 2.75) is 155 Å². The second kappa shape index (κ2) is 33.8. The van der Waals surface area contributed by atoms with E-state index in [9.17, 15) is 19.0 Å². The molecule has 10 heteroatoms. The number of unbranched alkanes of at least 4 members (excludes halogenated alkanes) is 13. The van der Waals surface area contributed by atoms with Gasteiger partial charge in [0, 0.05) is 12.8 Å². The van der Waals surface area contributed by atoms with Gasteiger partial charge >= 0.3 is 19.8 Å². The molecule has 0 aliphatic heterocycles. The van der Waals surface area contributed by atoms with Crippen LogP contribution in [0.4, 0.5) is 0 Å². The summed E-state index contributed by atoms with van der Waals surface area (Å²) in [5.74, 6) is -0.869. The Bertz CT molecular complexity index is 1020. The molecule has 51 heavy (non-hydrogen) atoms. The second-order valence-corrected chi connectivity index (χ2v) is 15.8. The number of ether oxygens (including phenoxy) is 2. The van der Waals surface area contributed by atoms with Crippen molar-refractivity contribution in [2.75, 3.05) is 47.5 Å². The first-order valence-corrected chi connectivity index (χ1v) is 21.4. The van der Waals surface area contributed by atoms with Crippen LogP contribution in [0.3, 0.4) is 0 Å². The van der Waals surface area contributed by atoms with Crippen LogP contribution in [0.2, 0.25) is 0 Å². The predicted octanol–water partition coefficient (Wildman–Crippen LogP) is 10.7. The number of carbonyl (C=O) groups excluding carboxylic acids is 2. The number of esters is 2. The summed E-state index contributed by atoms with van der Waals surface area (Å²) in [4.78, 5) is 35.1. The molecule has 0 saturated heterocycles. The van der Waals surface area contributed by atoms with Crippen molar-refractivity contribution in [1.29, 1.82) is 0 Å². The normalized spacial score (nSPS) is 14.2. The van der Waals surface area contributed by atoms with Gasteiger partial charge in [-0.05, 0) is 51.4 Å². The van der Waals surface area contributed by atoms with Gasteiger partial charge in [0.15, 0.2) is 6.10 Å². The Hall–Kier alpha value is -2.03. The zero-order valence-corrected chi connectivity index (χ0v) is 34.0. The average molecular weight is 741 g/mol. The van der Waals surface area contributed by atoms with E-state index in [-0.39, 0.29) is 32.0 Å². The van der Waals surface area contributed by atoms with E-state index in [4.69, 9.17) is 18.5 Å². The molecule has 0 saturated carbocycles. The number of hydrogen-bond donors (Lipinski definition) is 1. The van der Waals surface area contributed by atoms with E-state index >= 15 is 0 Å². The highest BCUT2D eigenvalue weighted by Gasteiger charge is 2.27. The van der Waals surface area contributed by atoms with Crippen LogP contribution < -0.4 is 0 Å². The van der Waals surface area contributed by atoms with E-state index in [1.807, 2.05) is 27.2 Å². The minimum atomic E-state index is -4.38. The number of phosphoric ester groups is 1. The number of phosphoric acid groups is 1. The van der Waals surface area contributed by atoms with Crippen LogP contribution in [0.15, 0.2) is 48.6 Å².